The van der Waals surface area contributed by atoms with E-state index in [1.165, 1.54) is 0 Å². The Labute approximate surface area is 118 Å². The number of para-hydroxylation sites is 1. The molecule has 1 aliphatic heterocycles. The molecule has 1 aliphatic rings. The van der Waals surface area contributed by atoms with Crippen molar-refractivity contribution in [3.63, 3.8) is 0 Å². The molecule has 1 heterocycles. The third-order valence-electron chi connectivity index (χ3n) is 4.06. The van der Waals surface area contributed by atoms with Gasteiger partial charge in [-0.15, -0.1) is 0 Å². The zero-order chi connectivity index (χ0) is 14.3. The predicted molar refractivity (Wildman–Crippen MR) is 77.5 cm³/mol. The molecule has 0 aliphatic carbocycles. The van der Waals surface area contributed by atoms with Crippen molar-refractivity contribution in [3.8, 4) is 5.75 Å². The highest BCUT2D eigenvalue weighted by atomic mass is 19.1. The summed E-state index contributed by atoms with van der Waals surface area (Å²) in [5.74, 6) is 0.818. The first-order valence-corrected chi connectivity index (χ1v) is 6.82. The van der Waals surface area contributed by atoms with Crippen LogP contribution in [0.15, 0.2) is 36.4 Å². The van der Waals surface area contributed by atoms with E-state index < -0.39 is 0 Å². The van der Waals surface area contributed by atoms with E-state index in [4.69, 9.17) is 10.5 Å². The fraction of sp³-hybridized carbons (Fsp3) is 0.294. The van der Waals surface area contributed by atoms with Gasteiger partial charge in [0.25, 0.3) is 0 Å². The molecule has 0 spiro atoms. The number of aryl methyl sites for hydroxylation is 2. The molecule has 2 nitrogen and oxygen atoms in total. The van der Waals surface area contributed by atoms with Gasteiger partial charge in [-0.05, 0) is 48.7 Å². The van der Waals surface area contributed by atoms with Gasteiger partial charge in [0.15, 0.2) is 0 Å². The van der Waals surface area contributed by atoms with E-state index in [2.05, 4.69) is 6.07 Å². The maximum atomic E-state index is 13.4. The van der Waals surface area contributed by atoms with Gasteiger partial charge in [0, 0.05) is 17.5 Å². The van der Waals surface area contributed by atoms with Gasteiger partial charge in [-0.1, -0.05) is 18.2 Å². The van der Waals surface area contributed by atoms with Gasteiger partial charge in [0.1, 0.15) is 11.6 Å². The van der Waals surface area contributed by atoms with Crippen molar-refractivity contribution in [1.29, 1.82) is 0 Å². The van der Waals surface area contributed by atoms with Crippen LogP contribution in [-0.2, 0) is 0 Å². The average molecular weight is 271 g/mol. The number of benzene rings is 2. The molecule has 0 aromatic heterocycles. The SMILES string of the molecule is Cc1cc(F)cc(C)c1C(N)C1COc2ccccc21. The minimum Gasteiger partial charge on any atom is -0.493 e. The fourth-order valence-electron chi connectivity index (χ4n) is 3.13. The first-order chi connectivity index (χ1) is 9.58. The fourth-order valence-corrected chi connectivity index (χ4v) is 3.13. The number of hydrogen-bond acceptors (Lipinski definition) is 2. The van der Waals surface area contributed by atoms with E-state index in [1.807, 2.05) is 32.0 Å². The van der Waals surface area contributed by atoms with Crippen LogP contribution in [-0.4, -0.2) is 6.61 Å². The smallest absolute Gasteiger partial charge is 0.123 e. The summed E-state index contributed by atoms with van der Waals surface area (Å²) < 4.78 is 19.1. The monoisotopic (exact) mass is 271 g/mol. The molecule has 2 atom stereocenters. The van der Waals surface area contributed by atoms with E-state index in [9.17, 15) is 4.39 Å². The standard InChI is InChI=1S/C17H18FNO/c1-10-7-12(18)8-11(2)16(10)17(19)14-9-20-15-6-4-3-5-13(14)15/h3-8,14,17H,9,19H2,1-2H3. The Balaban J connectivity index is 2.01. The summed E-state index contributed by atoms with van der Waals surface area (Å²) in [4.78, 5) is 0. The molecule has 0 radical (unpaired) electrons. The lowest BCUT2D eigenvalue weighted by Gasteiger charge is -2.23. The Hall–Kier alpha value is -1.87. The summed E-state index contributed by atoms with van der Waals surface area (Å²) in [7, 11) is 0. The van der Waals surface area contributed by atoms with Crippen LogP contribution in [0, 0.1) is 19.7 Å². The van der Waals surface area contributed by atoms with E-state index in [1.54, 1.807) is 12.1 Å². The number of hydrogen-bond donors (Lipinski definition) is 1. The van der Waals surface area contributed by atoms with Crippen LogP contribution < -0.4 is 10.5 Å². The zero-order valence-electron chi connectivity index (χ0n) is 11.7. The van der Waals surface area contributed by atoms with Crippen LogP contribution in [0.3, 0.4) is 0 Å². The molecule has 104 valence electrons. The van der Waals surface area contributed by atoms with Gasteiger partial charge in [0.2, 0.25) is 0 Å². The van der Waals surface area contributed by atoms with Crippen molar-refractivity contribution in [3.05, 3.63) is 64.5 Å². The summed E-state index contributed by atoms with van der Waals surface area (Å²) in [6.45, 7) is 4.40. The lowest BCUT2D eigenvalue weighted by Crippen LogP contribution is -2.23. The first kappa shape index (κ1) is 13.1. The molecule has 3 heteroatoms. The highest BCUT2D eigenvalue weighted by molar-refractivity contribution is 5.45. The van der Waals surface area contributed by atoms with Crippen LogP contribution >= 0.6 is 0 Å². The predicted octanol–water partition coefficient (Wildman–Crippen LogP) is 3.62. The van der Waals surface area contributed by atoms with Gasteiger partial charge in [-0.3, -0.25) is 0 Å². The van der Waals surface area contributed by atoms with Crippen molar-refractivity contribution >= 4 is 0 Å². The second-order valence-electron chi connectivity index (χ2n) is 5.43. The number of fused-ring (bicyclic) bond motifs is 1. The molecular formula is C17H18FNO. The van der Waals surface area contributed by atoms with Crippen molar-refractivity contribution in [2.24, 2.45) is 5.73 Å². The van der Waals surface area contributed by atoms with E-state index in [0.717, 1.165) is 28.0 Å². The molecular weight excluding hydrogens is 253 g/mol. The number of nitrogens with two attached hydrogens (primary N) is 1. The Bertz CT molecular complexity index is 630. The van der Waals surface area contributed by atoms with Crippen LogP contribution in [0.1, 0.15) is 34.2 Å². The highest BCUT2D eigenvalue weighted by Gasteiger charge is 2.31. The summed E-state index contributed by atoms with van der Waals surface area (Å²) in [5, 5.41) is 0. The molecule has 2 N–H and O–H groups in total. The van der Waals surface area contributed by atoms with E-state index in [0.29, 0.717) is 6.61 Å². The molecule has 0 fully saturated rings. The summed E-state index contributed by atoms with van der Waals surface area (Å²) in [6.07, 6.45) is 0. The van der Waals surface area contributed by atoms with Crippen molar-refractivity contribution in [2.75, 3.05) is 6.61 Å². The van der Waals surface area contributed by atoms with Crippen LogP contribution in [0.4, 0.5) is 4.39 Å². The first-order valence-electron chi connectivity index (χ1n) is 6.82. The van der Waals surface area contributed by atoms with Gasteiger partial charge >= 0.3 is 0 Å². The molecule has 2 aromatic carbocycles. The summed E-state index contributed by atoms with van der Waals surface area (Å²) in [5.41, 5.74) is 10.4. The van der Waals surface area contributed by atoms with Crippen LogP contribution in [0.5, 0.6) is 5.75 Å². The second kappa shape index (κ2) is 4.91. The van der Waals surface area contributed by atoms with E-state index >= 15 is 0 Å². The largest absolute Gasteiger partial charge is 0.493 e. The summed E-state index contributed by atoms with van der Waals surface area (Å²) in [6, 6.07) is 10.9. The zero-order valence-corrected chi connectivity index (χ0v) is 11.7. The quantitative estimate of drug-likeness (QED) is 0.905. The molecule has 20 heavy (non-hydrogen) atoms. The molecule has 0 saturated carbocycles. The molecule has 0 amide bonds. The maximum absolute atomic E-state index is 13.4. The Morgan fingerprint density at radius 3 is 2.55 bits per heavy atom. The third-order valence-corrected chi connectivity index (χ3v) is 4.06. The van der Waals surface area contributed by atoms with Crippen molar-refractivity contribution in [1.82, 2.24) is 0 Å². The number of rotatable bonds is 2. The van der Waals surface area contributed by atoms with Gasteiger partial charge in [-0.25, -0.2) is 4.39 Å². The number of ether oxygens (including phenoxy) is 1. The lowest BCUT2D eigenvalue weighted by molar-refractivity contribution is 0.315. The van der Waals surface area contributed by atoms with Crippen LogP contribution in [0.25, 0.3) is 0 Å². The van der Waals surface area contributed by atoms with Gasteiger partial charge in [0.05, 0.1) is 6.61 Å². The normalized spacial score (nSPS) is 18.5. The molecule has 3 rings (SSSR count). The van der Waals surface area contributed by atoms with Crippen molar-refractivity contribution < 1.29 is 9.13 Å². The third kappa shape index (κ3) is 2.08. The van der Waals surface area contributed by atoms with Crippen LogP contribution in [0.2, 0.25) is 0 Å². The minimum atomic E-state index is -0.209. The average Bonchev–Trinajstić information content (AvgIpc) is 2.81. The Morgan fingerprint density at radius 1 is 1.20 bits per heavy atom. The van der Waals surface area contributed by atoms with Gasteiger partial charge < -0.3 is 10.5 Å². The van der Waals surface area contributed by atoms with Gasteiger partial charge in [-0.2, -0.15) is 0 Å². The summed E-state index contributed by atoms with van der Waals surface area (Å²) >= 11 is 0. The van der Waals surface area contributed by atoms with Crippen molar-refractivity contribution in [2.45, 2.75) is 25.8 Å². The molecule has 0 saturated heterocycles. The highest BCUT2D eigenvalue weighted by Crippen LogP contribution is 2.41. The molecule has 2 unspecified atom stereocenters. The second-order valence-corrected chi connectivity index (χ2v) is 5.43. The molecule has 0 bridgehead atoms. The Kier molecular flexibility index (Phi) is 3.22. The lowest BCUT2D eigenvalue weighted by atomic mass is 9.85. The maximum Gasteiger partial charge on any atom is 0.123 e. The number of halogens is 1. The molecule has 2 aromatic rings. The minimum absolute atomic E-state index is 0.120. The van der Waals surface area contributed by atoms with E-state index in [-0.39, 0.29) is 17.8 Å². The topological polar surface area (TPSA) is 35.2 Å². The Morgan fingerprint density at radius 2 is 1.85 bits per heavy atom.